The van der Waals surface area contributed by atoms with Crippen LogP contribution >= 0.6 is 0 Å². The first kappa shape index (κ1) is 29.6. The number of alkyl halides is 6. The fourth-order valence-corrected chi connectivity index (χ4v) is 3.36. The molecular weight excluding hydrogens is 535 g/mol. The first-order chi connectivity index (χ1) is 18.1. The lowest BCUT2D eigenvalue weighted by Crippen LogP contribution is -2.30. The topological polar surface area (TPSA) is 70.6 Å². The molecule has 39 heavy (non-hydrogen) atoms. The van der Waals surface area contributed by atoms with Crippen LogP contribution in [0.5, 0.6) is 5.88 Å². The molecule has 0 atom stereocenters. The Kier molecular flexibility index (Phi) is 8.99. The molecule has 0 bridgehead atoms. The number of carbonyl (C=O) groups excluding carboxylic acids is 1. The van der Waals surface area contributed by atoms with E-state index in [-0.39, 0.29) is 23.5 Å². The highest BCUT2D eigenvalue weighted by molar-refractivity contribution is 5.75. The van der Waals surface area contributed by atoms with Crippen LogP contribution < -0.4 is 10.1 Å². The normalized spacial score (nSPS) is 12.0. The summed E-state index contributed by atoms with van der Waals surface area (Å²) in [4.78, 5) is 23.9. The van der Waals surface area contributed by atoms with Crippen LogP contribution in [0.15, 0.2) is 48.7 Å². The van der Waals surface area contributed by atoms with Gasteiger partial charge in [0.2, 0.25) is 11.8 Å². The van der Waals surface area contributed by atoms with Gasteiger partial charge in [0.1, 0.15) is 5.82 Å². The van der Waals surface area contributed by atoms with Gasteiger partial charge >= 0.3 is 18.4 Å². The molecule has 7 nitrogen and oxygen atoms in total. The van der Waals surface area contributed by atoms with E-state index in [9.17, 15) is 35.5 Å². The summed E-state index contributed by atoms with van der Waals surface area (Å²) in [6, 6.07) is 6.19. The van der Waals surface area contributed by atoms with E-state index in [2.05, 4.69) is 15.3 Å². The number of aromatic nitrogens is 2. The number of carbonyl (C=O) groups is 1. The van der Waals surface area contributed by atoms with Gasteiger partial charge in [-0.3, -0.25) is 0 Å². The number of benzene rings is 2. The Morgan fingerprint density at radius 1 is 0.949 bits per heavy atom. The molecular formula is C25H24F7N5O2. The molecule has 0 aliphatic rings. The van der Waals surface area contributed by atoms with Gasteiger partial charge in [-0.25, -0.2) is 14.2 Å². The van der Waals surface area contributed by atoms with Crippen molar-refractivity contribution in [2.75, 3.05) is 39.5 Å². The van der Waals surface area contributed by atoms with Gasteiger partial charge < -0.3 is 19.9 Å². The Labute approximate surface area is 219 Å². The van der Waals surface area contributed by atoms with Crippen molar-refractivity contribution in [3.8, 4) is 17.0 Å². The Morgan fingerprint density at radius 3 is 2.08 bits per heavy atom. The zero-order chi connectivity index (χ0) is 29.0. The second-order valence-corrected chi connectivity index (χ2v) is 8.79. The van der Waals surface area contributed by atoms with E-state index in [1.807, 2.05) is 19.0 Å². The molecule has 1 amide bonds. The van der Waals surface area contributed by atoms with Gasteiger partial charge in [0.15, 0.2) is 0 Å². The molecule has 1 heterocycles. The van der Waals surface area contributed by atoms with E-state index in [1.54, 1.807) is 0 Å². The molecule has 0 saturated heterocycles. The maximum atomic E-state index is 13.4. The summed E-state index contributed by atoms with van der Waals surface area (Å²) in [6.07, 6.45) is -9.84. The number of hydrogen-bond donors (Lipinski definition) is 1. The maximum Gasteiger partial charge on any atom is 0.416 e. The van der Waals surface area contributed by atoms with Crippen molar-refractivity contribution in [3.05, 3.63) is 71.2 Å². The van der Waals surface area contributed by atoms with Gasteiger partial charge in [0.05, 0.1) is 16.7 Å². The van der Waals surface area contributed by atoms with Crippen LogP contribution in [0.1, 0.15) is 16.7 Å². The van der Waals surface area contributed by atoms with Gasteiger partial charge in [0.25, 0.3) is 0 Å². The molecule has 0 aliphatic carbocycles. The van der Waals surface area contributed by atoms with Gasteiger partial charge in [-0.1, -0.05) is 12.1 Å². The number of halogens is 7. The molecule has 0 aliphatic heterocycles. The minimum absolute atomic E-state index is 0.00249. The Hall–Kier alpha value is -3.94. The van der Waals surface area contributed by atoms with E-state index >= 15 is 0 Å². The summed E-state index contributed by atoms with van der Waals surface area (Å²) in [6.45, 7) is 0.432. The van der Waals surface area contributed by atoms with Gasteiger partial charge in [0, 0.05) is 32.9 Å². The SMILES string of the molecule is CN(C)CCNc1ncc(-c2ccc(F)cc2)c(OC(=O)N(C)Cc2cc(C(F)(F)F)cc(C(F)(F)F)c2)n1. The third kappa shape index (κ3) is 8.27. The van der Waals surface area contributed by atoms with Crippen molar-refractivity contribution < 1.29 is 40.3 Å². The molecule has 210 valence electrons. The smallest absolute Gasteiger partial charge is 0.390 e. The van der Waals surface area contributed by atoms with Crippen LogP contribution in [0, 0.1) is 5.82 Å². The van der Waals surface area contributed by atoms with Crippen LogP contribution in [0.25, 0.3) is 11.1 Å². The largest absolute Gasteiger partial charge is 0.416 e. The molecule has 0 unspecified atom stereocenters. The molecule has 0 saturated carbocycles. The highest BCUT2D eigenvalue weighted by Crippen LogP contribution is 2.36. The maximum absolute atomic E-state index is 13.4. The lowest BCUT2D eigenvalue weighted by Gasteiger charge is -2.20. The first-order valence-corrected chi connectivity index (χ1v) is 11.4. The number of likely N-dealkylation sites (N-methyl/N-ethyl adjacent to an activating group) is 1. The van der Waals surface area contributed by atoms with Crippen LogP contribution in [-0.4, -0.2) is 60.1 Å². The summed E-state index contributed by atoms with van der Waals surface area (Å²) in [7, 11) is 4.85. The van der Waals surface area contributed by atoms with Crippen LogP contribution in [0.2, 0.25) is 0 Å². The van der Waals surface area contributed by atoms with Crippen molar-refractivity contribution in [3.63, 3.8) is 0 Å². The Bertz CT molecular complexity index is 1260. The highest BCUT2D eigenvalue weighted by atomic mass is 19.4. The average Bonchev–Trinajstić information content (AvgIpc) is 2.83. The fourth-order valence-electron chi connectivity index (χ4n) is 3.36. The zero-order valence-corrected chi connectivity index (χ0v) is 21.0. The molecule has 0 fully saturated rings. The first-order valence-electron chi connectivity index (χ1n) is 11.4. The van der Waals surface area contributed by atoms with E-state index in [4.69, 9.17) is 4.74 Å². The number of amides is 1. The second-order valence-electron chi connectivity index (χ2n) is 8.79. The molecule has 1 aromatic heterocycles. The predicted octanol–water partition coefficient (Wildman–Crippen LogP) is 5.92. The monoisotopic (exact) mass is 559 g/mol. The van der Waals surface area contributed by atoms with Crippen molar-refractivity contribution in [1.29, 1.82) is 0 Å². The van der Waals surface area contributed by atoms with Crippen molar-refractivity contribution in [1.82, 2.24) is 19.8 Å². The molecule has 0 spiro atoms. The van der Waals surface area contributed by atoms with E-state index in [0.29, 0.717) is 30.8 Å². The summed E-state index contributed by atoms with van der Waals surface area (Å²) in [5, 5.41) is 2.95. The number of ether oxygens (including phenoxy) is 1. The number of rotatable bonds is 8. The quantitative estimate of drug-likeness (QED) is 0.346. The van der Waals surface area contributed by atoms with Gasteiger partial charge in [-0.15, -0.1) is 0 Å². The van der Waals surface area contributed by atoms with E-state index < -0.39 is 47.5 Å². The average molecular weight is 559 g/mol. The Balaban J connectivity index is 1.88. The van der Waals surface area contributed by atoms with Gasteiger partial charge in [-0.05, 0) is 55.6 Å². The predicted molar refractivity (Wildman–Crippen MR) is 128 cm³/mol. The molecule has 0 radical (unpaired) electrons. The number of anilines is 1. The minimum atomic E-state index is -5.03. The minimum Gasteiger partial charge on any atom is -0.390 e. The van der Waals surface area contributed by atoms with Crippen LogP contribution in [0.3, 0.4) is 0 Å². The van der Waals surface area contributed by atoms with Gasteiger partial charge in [-0.2, -0.15) is 31.3 Å². The van der Waals surface area contributed by atoms with Crippen LogP contribution in [0.4, 0.5) is 41.5 Å². The molecule has 3 rings (SSSR count). The van der Waals surface area contributed by atoms with E-state index in [0.717, 1.165) is 11.9 Å². The number of hydrogen-bond acceptors (Lipinski definition) is 6. The van der Waals surface area contributed by atoms with Crippen LogP contribution in [-0.2, 0) is 18.9 Å². The summed E-state index contributed by atoms with van der Waals surface area (Å²) >= 11 is 0. The van der Waals surface area contributed by atoms with Crippen molar-refractivity contribution in [2.24, 2.45) is 0 Å². The van der Waals surface area contributed by atoms with E-state index in [1.165, 1.54) is 30.5 Å². The Morgan fingerprint density at radius 2 is 1.54 bits per heavy atom. The molecule has 1 N–H and O–H groups in total. The fraction of sp³-hybridized carbons (Fsp3) is 0.320. The standard InChI is InChI=1S/C25H24F7N5O2/c1-36(2)9-8-33-22-34-13-20(16-4-6-19(26)7-5-16)21(35-22)39-23(38)37(3)14-15-10-17(24(27,28)29)12-18(11-15)25(30,31)32/h4-7,10-13H,8-9,14H2,1-3H3,(H,33,34,35). The number of nitrogens with one attached hydrogen (secondary N) is 1. The second kappa shape index (κ2) is 11.8. The third-order valence-corrected chi connectivity index (χ3v) is 5.31. The lowest BCUT2D eigenvalue weighted by atomic mass is 10.0. The summed E-state index contributed by atoms with van der Waals surface area (Å²) < 4.78 is 98.0. The lowest BCUT2D eigenvalue weighted by molar-refractivity contribution is -0.143. The number of nitrogens with zero attached hydrogens (tertiary/aromatic N) is 4. The summed E-state index contributed by atoms with van der Waals surface area (Å²) in [5.74, 6) is -0.666. The molecule has 3 aromatic rings. The van der Waals surface area contributed by atoms with Crippen molar-refractivity contribution in [2.45, 2.75) is 18.9 Å². The molecule has 14 heteroatoms. The molecule has 2 aromatic carbocycles. The zero-order valence-electron chi connectivity index (χ0n) is 21.0. The third-order valence-electron chi connectivity index (χ3n) is 5.31. The summed E-state index contributed by atoms with van der Waals surface area (Å²) in [5.41, 5.74) is -2.82. The highest BCUT2D eigenvalue weighted by Gasteiger charge is 2.37. The van der Waals surface area contributed by atoms with Crippen molar-refractivity contribution >= 4 is 12.0 Å².